The number of esters is 2. The van der Waals surface area contributed by atoms with Gasteiger partial charge in [0.25, 0.3) is 10.4 Å². The molecule has 0 aliphatic heterocycles. The molecule has 0 unspecified atom stereocenters. The molecule has 272 valence electrons. The van der Waals surface area contributed by atoms with E-state index in [0.717, 1.165) is 38.5 Å². The zero-order valence-corrected chi connectivity index (χ0v) is 33.8. The molecule has 8 nitrogen and oxygen atoms in total. The van der Waals surface area contributed by atoms with Gasteiger partial charge >= 0.3 is 41.5 Å². The van der Waals surface area contributed by atoms with E-state index in [4.69, 9.17) is 21.1 Å². The van der Waals surface area contributed by atoms with Crippen molar-refractivity contribution < 1.29 is 65.8 Å². The van der Waals surface area contributed by atoms with Crippen molar-refractivity contribution >= 4 is 33.9 Å². The molecule has 0 fully saturated rings. The van der Waals surface area contributed by atoms with Crippen LogP contribution in [0.2, 0.25) is 5.02 Å². The number of hydrogen-bond donors (Lipinski definition) is 0. The van der Waals surface area contributed by atoms with Gasteiger partial charge in [-0.25, -0.2) is 8.42 Å². The predicted octanol–water partition coefficient (Wildman–Crippen LogP) is 7.76. The molecule has 1 aromatic rings. The van der Waals surface area contributed by atoms with Gasteiger partial charge in [-0.15, -0.1) is 0 Å². The molecule has 0 spiro atoms. The Hall–Kier alpha value is -0.840. The summed E-state index contributed by atoms with van der Waals surface area (Å²) in [5, 5.41) is 0.110. The maximum atomic E-state index is 12.5. The van der Waals surface area contributed by atoms with E-state index in [1.807, 2.05) is 0 Å². The molecule has 0 radical (unpaired) electrons. The normalized spacial score (nSPS) is 11.4. The van der Waals surface area contributed by atoms with E-state index in [0.29, 0.717) is 18.4 Å². The van der Waals surface area contributed by atoms with Crippen molar-refractivity contribution in [3.8, 4) is 5.75 Å². The number of unbranched alkanes of at least 4 members (excludes halogenated alkanes) is 20. The van der Waals surface area contributed by atoms with E-state index in [1.54, 1.807) is 0 Å². The molecule has 0 N–H and O–H groups in total. The first-order chi connectivity index (χ1) is 22.7. The van der Waals surface area contributed by atoms with Crippen LogP contribution in [0.5, 0.6) is 5.75 Å². The number of carbonyl (C=O) groups excluding carboxylic acids is 2. The molecular formula is C37H62ClNaO8S. The van der Waals surface area contributed by atoms with Gasteiger partial charge in [-0.3, -0.25) is 9.59 Å². The Bertz CT molecular complexity index is 1030. The Morgan fingerprint density at radius 3 is 1.33 bits per heavy atom. The fourth-order valence-electron chi connectivity index (χ4n) is 5.63. The summed E-state index contributed by atoms with van der Waals surface area (Å²) < 4.78 is 48.5. The summed E-state index contributed by atoms with van der Waals surface area (Å²) in [6, 6.07) is 3.99. The van der Waals surface area contributed by atoms with Crippen molar-refractivity contribution in [2.75, 3.05) is 13.2 Å². The minimum absolute atomic E-state index is 0. The fourth-order valence-corrected chi connectivity index (χ4v) is 6.30. The largest absolute Gasteiger partial charge is 1.00 e. The molecule has 0 atom stereocenters. The van der Waals surface area contributed by atoms with Crippen LogP contribution in [0.3, 0.4) is 0 Å². The maximum absolute atomic E-state index is 12.5. The summed E-state index contributed by atoms with van der Waals surface area (Å²) in [5.74, 6) is -1.45. The molecule has 1 rings (SSSR count). The van der Waals surface area contributed by atoms with Gasteiger partial charge in [0, 0.05) is 23.9 Å². The number of carbonyl (C=O) groups is 2. The molecule has 1 aromatic carbocycles. The SMILES string of the molecule is CCCCCCCCCCCCCC(=O)OCC(COC(=O)CCCCCCCCCCCCC)c1ccc(OS(=O)(=O)[O-])cc1Cl.[Na+]. The summed E-state index contributed by atoms with van der Waals surface area (Å²) in [4.78, 5) is 25.0. The van der Waals surface area contributed by atoms with Gasteiger partial charge in [0.1, 0.15) is 19.0 Å². The van der Waals surface area contributed by atoms with Crippen LogP contribution in [0.1, 0.15) is 179 Å². The second kappa shape index (κ2) is 30.9. The summed E-state index contributed by atoms with van der Waals surface area (Å²) >= 11 is 6.40. The molecule has 0 aliphatic rings. The van der Waals surface area contributed by atoms with Crippen molar-refractivity contribution in [3.63, 3.8) is 0 Å². The van der Waals surface area contributed by atoms with Gasteiger partial charge in [-0.1, -0.05) is 160 Å². The average Bonchev–Trinajstić information content (AvgIpc) is 3.02. The standard InChI is InChI=1S/C37H63ClO8S.Na/c1-3-5-7-9-11-13-15-17-19-21-23-25-36(39)44-30-32(34-28-27-33(29-35(34)38)46-47(41,42)43)31-45-37(40)26-24-22-20-18-16-14-12-10-8-6-4-2;/h27-29,32H,3-26,30-31H2,1-2H3,(H,41,42,43);/q;+1/p-1. The third-order valence-corrected chi connectivity index (χ3v) is 9.19. The Labute approximate surface area is 319 Å². The van der Waals surface area contributed by atoms with Crippen LogP contribution in [-0.2, 0) is 29.5 Å². The number of benzene rings is 1. The quantitative estimate of drug-likeness (QED) is 0.0251. The van der Waals surface area contributed by atoms with E-state index in [-0.39, 0.29) is 65.5 Å². The summed E-state index contributed by atoms with van der Waals surface area (Å²) in [6.45, 7) is 4.35. The molecular weight excluding hydrogens is 663 g/mol. The van der Waals surface area contributed by atoms with Gasteiger partial charge in [-0.2, -0.15) is 0 Å². The van der Waals surface area contributed by atoms with Crippen LogP contribution in [0.4, 0.5) is 0 Å². The predicted molar refractivity (Wildman–Crippen MR) is 189 cm³/mol. The van der Waals surface area contributed by atoms with Crippen LogP contribution >= 0.6 is 11.6 Å². The van der Waals surface area contributed by atoms with Crippen molar-refractivity contribution in [3.05, 3.63) is 28.8 Å². The average molecular weight is 725 g/mol. The molecule has 0 aliphatic carbocycles. The Morgan fingerprint density at radius 2 is 1.00 bits per heavy atom. The van der Waals surface area contributed by atoms with Crippen molar-refractivity contribution in [1.29, 1.82) is 0 Å². The third-order valence-electron chi connectivity index (χ3n) is 8.47. The fraction of sp³-hybridized carbons (Fsp3) is 0.784. The van der Waals surface area contributed by atoms with Crippen molar-refractivity contribution in [2.45, 2.75) is 174 Å². The maximum Gasteiger partial charge on any atom is 1.00 e. The van der Waals surface area contributed by atoms with Crippen LogP contribution < -0.4 is 33.7 Å². The minimum atomic E-state index is -4.96. The third kappa shape index (κ3) is 27.0. The second-order valence-corrected chi connectivity index (χ2v) is 14.2. The van der Waals surface area contributed by atoms with Gasteiger partial charge < -0.3 is 18.2 Å². The first-order valence-electron chi connectivity index (χ1n) is 18.4. The van der Waals surface area contributed by atoms with Crippen LogP contribution in [0.15, 0.2) is 18.2 Å². The van der Waals surface area contributed by atoms with Crippen molar-refractivity contribution in [1.82, 2.24) is 0 Å². The van der Waals surface area contributed by atoms with Crippen LogP contribution in [0, 0.1) is 0 Å². The molecule has 0 saturated carbocycles. The zero-order valence-electron chi connectivity index (χ0n) is 30.2. The van der Waals surface area contributed by atoms with Gasteiger partial charge in [0.15, 0.2) is 0 Å². The molecule has 0 aromatic heterocycles. The Balaban J connectivity index is 0.0000221. The molecule has 0 amide bonds. The summed E-state index contributed by atoms with van der Waals surface area (Å²) in [6.07, 6.45) is 26.8. The number of rotatable bonds is 31. The number of halogens is 1. The molecule has 48 heavy (non-hydrogen) atoms. The molecule has 11 heteroatoms. The monoisotopic (exact) mass is 724 g/mol. The summed E-state index contributed by atoms with van der Waals surface area (Å²) in [5.41, 5.74) is 0.493. The zero-order chi connectivity index (χ0) is 34.6. The van der Waals surface area contributed by atoms with E-state index in [1.165, 1.54) is 121 Å². The van der Waals surface area contributed by atoms with Crippen LogP contribution in [0.25, 0.3) is 0 Å². The van der Waals surface area contributed by atoms with Crippen molar-refractivity contribution in [2.24, 2.45) is 0 Å². The van der Waals surface area contributed by atoms with E-state index >= 15 is 0 Å². The van der Waals surface area contributed by atoms with E-state index in [9.17, 15) is 22.6 Å². The second-order valence-electron chi connectivity index (χ2n) is 12.8. The first-order valence-corrected chi connectivity index (χ1v) is 20.1. The Kier molecular flexibility index (Phi) is 30.4. The molecule has 0 heterocycles. The van der Waals surface area contributed by atoms with E-state index in [2.05, 4.69) is 18.0 Å². The van der Waals surface area contributed by atoms with Gasteiger partial charge in [0.2, 0.25) is 0 Å². The van der Waals surface area contributed by atoms with Gasteiger partial charge in [-0.05, 0) is 24.5 Å². The molecule has 0 saturated heterocycles. The van der Waals surface area contributed by atoms with E-state index < -0.39 is 16.3 Å². The first kappa shape index (κ1) is 47.2. The number of ether oxygens (including phenoxy) is 2. The Morgan fingerprint density at radius 1 is 0.646 bits per heavy atom. The summed E-state index contributed by atoms with van der Waals surface area (Å²) in [7, 11) is -4.96. The van der Waals surface area contributed by atoms with Crippen LogP contribution in [-0.4, -0.2) is 38.1 Å². The number of hydrogen-bond acceptors (Lipinski definition) is 8. The topological polar surface area (TPSA) is 119 Å². The van der Waals surface area contributed by atoms with Gasteiger partial charge in [0.05, 0.1) is 5.92 Å². The minimum Gasteiger partial charge on any atom is -0.716 e. The smallest absolute Gasteiger partial charge is 0.716 e. The molecule has 0 bridgehead atoms.